The minimum absolute atomic E-state index is 0.206. The molecule has 1 heterocycles. The van der Waals surface area contributed by atoms with Gasteiger partial charge in [0.2, 0.25) is 5.28 Å². The largest absolute Gasteiger partial charge is 0.388 e. The maximum atomic E-state index is 10.3. The Morgan fingerprint density at radius 3 is 2.58 bits per heavy atom. The Bertz CT molecular complexity index is 570. The van der Waals surface area contributed by atoms with Crippen molar-refractivity contribution in [2.75, 3.05) is 11.9 Å². The number of hydrogen-bond donors (Lipinski definition) is 2. The number of aromatic nitrogens is 2. The molecule has 0 bridgehead atoms. The summed E-state index contributed by atoms with van der Waals surface area (Å²) in [5.74, 6) is 0.663. The molecule has 2 N–H and O–H groups in total. The van der Waals surface area contributed by atoms with E-state index in [1.54, 1.807) is 0 Å². The molecule has 0 aliphatic heterocycles. The monoisotopic (exact) mass is 279 g/mol. The van der Waals surface area contributed by atoms with Crippen LogP contribution in [0, 0.1) is 0 Å². The minimum Gasteiger partial charge on any atom is -0.388 e. The van der Waals surface area contributed by atoms with Crippen molar-refractivity contribution in [2.45, 2.75) is 32.3 Å². The average Bonchev–Trinajstić information content (AvgIpc) is 2.44. The predicted molar refractivity (Wildman–Crippen MR) is 78.6 cm³/mol. The quantitative estimate of drug-likeness (QED) is 0.825. The first-order chi connectivity index (χ1) is 9.08. The maximum absolute atomic E-state index is 10.3. The molecule has 0 saturated carbocycles. The van der Waals surface area contributed by atoms with Gasteiger partial charge in [-0.15, -0.1) is 0 Å². The Morgan fingerprint density at radius 1 is 1.21 bits per heavy atom. The molecule has 2 aromatic rings. The number of halogens is 1. The van der Waals surface area contributed by atoms with Gasteiger partial charge in [-0.1, -0.05) is 26.0 Å². The Labute approximate surface area is 117 Å². The van der Waals surface area contributed by atoms with Crippen LogP contribution in [0.15, 0.2) is 24.3 Å². The van der Waals surface area contributed by atoms with Crippen molar-refractivity contribution in [1.29, 1.82) is 0 Å². The van der Waals surface area contributed by atoms with E-state index in [0.29, 0.717) is 25.2 Å². The van der Waals surface area contributed by atoms with Gasteiger partial charge in [0, 0.05) is 11.9 Å². The molecular formula is C14H18ClN3O. The van der Waals surface area contributed by atoms with E-state index >= 15 is 0 Å². The fourth-order valence-corrected chi connectivity index (χ4v) is 2.11. The van der Waals surface area contributed by atoms with Gasteiger partial charge in [0.1, 0.15) is 5.82 Å². The van der Waals surface area contributed by atoms with E-state index in [4.69, 9.17) is 11.6 Å². The van der Waals surface area contributed by atoms with Crippen molar-refractivity contribution in [2.24, 2.45) is 0 Å². The van der Waals surface area contributed by atoms with Crippen LogP contribution in [-0.2, 0) is 0 Å². The van der Waals surface area contributed by atoms with E-state index in [-0.39, 0.29) is 5.28 Å². The van der Waals surface area contributed by atoms with Gasteiger partial charge in [-0.3, -0.25) is 0 Å². The molecule has 2 rings (SSSR count). The summed E-state index contributed by atoms with van der Waals surface area (Å²) in [6, 6.07) is 7.66. The van der Waals surface area contributed by atoms with E-state index in [0.717, 1.165) is 10.9 Å². The van der Waals surface area contributed by atoms with Crippen molar-refractivity contribution >= 4 is 28.3 Å². The van der Waals surface area contributed by atoms with Gasteiger partial charge in [0.05, 0.1) is 11.1 Å². The zero-order valence-electron chi connectivity index (χ0n) is 11.2. The number of benzene rings is 1. The van der Waals surface area contributed by atoms with Crippen molar-refractivity contribution < 1.29 is 5.11 Å². The minimum atomic E-state index is -0.724. The highest BCUT2D eigenvalue weighted by Gasteiger charge is 2.22. The molecule has 0 atom stereocenters. The number of rotatable bonds is 5. The van der Waals surface area contributed by atoms with Crippen LogP contribution in [0.1, 0.15) is 26.7 Å². The average molecular weight is 280 g/mol. The molecular weight excluding hydrogens is 262 g/mol. The second-order valence-electron chi connectivity index (χ2n) is 4.64. The highest BCUT2D eigenvalue weighted by atomic mass is 35.5. The fourth-order valence-electron chi connectivity index (χ4n) is 1.93. The first-order valence-corrected chi connectivity index (χ1v) is 6.84. The molecule has 0 aliphatic rings. The first-order valence-electron chi connectivity index (χ1n) is 6.46. The Kier molecular flexibility index (Phi) is 4.22. The summed E-state index contributed by atoms with van der Waals surface area (Å²) in [4.78, 5) is 8.38. The van der Waals surface area contributed by atoms with E-state index in [9.17, 15) is 5.11 Å². The molecule has 1 aromatic heterocycles. The molecule has 0 amide bonds. The number of hydrogen-bond acceptors (Lipinski definition) is 4. The van der Waals surface area contributed by atoms with E-state index in [2.05, 4.69) is 15.3 Å². The zero-order valence-corrected chi connectivity index (χ0v) is 11.9. The molecule has 0 radical (unpaired) electrons. The van der Waals surface area contributed by atoms with Crippen LogP contribution >= 0.6 is 11.6 Å². The summed E-state index contributed by atoms with van der Waals surface area (Å²) < 4.78 is 0. The summed E-state index contributed by atoms with van der Waals surface area (Å²) >= 11 is 5.92. The molecule has 0 aliphatic carbocycles. The van der Waals surface area contributed by atoms with Gasteiger partial charge in [-0.05, 0) is 36.6 Å². The number of nitrogens with zero attached hydrogens (tertiary/aromatic N) is 2. The standard InChI is InChI=1S/C14H18ClN3O/c1-3-14(19,4-2)9-16-12-10-7-5-6-8-11(10)17-13(15)18-12/h5-8,19H,3-4,9H2,1-2H3,(H,16,17,18). The Hall–Kier alpha value is -1.39. The number of fused-ring (bicyclic) bond motifs is 1. The van der Waals surface area contributed by atoms with Crippen LogP contribution in [-0.4, -0.2) is 27.2 Å². The molecule has 1 aromatic carbocycles. The fraction of sp³-hybridized carbons (Fsp3) is 0.429. The third-order valence-electron chi connectivity index (χ3n) is 3.48. The SMILES string of the molecule is CCC(O)(CC)CNc1nc(Cl)nc2ccccc12. The van der Waals surface area contributed by atoms with Crippen LogP contribution in [0.2, 0.25) is 5.28 Å². The molecule has 0 unspecified atom stereocenters. The topological polar surface area (TPSA) is 58.0 Å². The van der Waals surface area contributed by atoms with Crippen LogP contribution in [0.4, 0.5) is 5.82 Å². The Balaban J connectivity index is 2.30. The van der Waals surface area contributed by atoms with Crippen molar-refractivity contribution in [3.05, 3.63) is 29.5 Å². The molecule has 0 saturated heterocycles. The summed E-state index contributed by atoms with van der Waals surface area (Å²) in [6.07, 6.45) is 1.38. The van der Waals surface area contributed by atoms with Crippen molar-refractivity contribution in [3.63, 3.8) is 0 Å². The maximum Gasteiger partial charge on any atom is 0.224 e. The van der Waals surface area contributed by atoms with Gasteiger partial charge in [0.15, 0.2) is 0 Å². The lowest BCUT2D eigenvalue weighted by Crippen LogP contribution is -2.35. The summed E-state index contributed by atoms with van der Waals surface area (Å²) in [7, 11) is 0. The van der Waals surface area contributed by atoms with Gasteiger partial charge in [-0.25, -0.2) is 9.97 Å². The normalized spacial score (nSPS) is 11.8. The number of aliphatic hydroxyl groups is 1. The molecule has 19 heavy (non-hydrogen) atoms. The highest BCUT2D eigenvalue weighted by Crippen LogP contribution is 2.23. The Morgan fingerprint density at radius 2 is 1.89 bits per heavy atom. The van der Waals surface area contributed by atoms with Crippen LogP contribution < -0.4 is 5.32 Å². The lowest BCUT2D eigenvalue weighted by molar-refractivity contribution is 0.0456. The lowest BCUT2D eigenvalue weighted by atomic mass is 9.97. The molecule has 4 nitrogen and oxygen atoms in total. The highest BCUT2D eigenvalue weighted by molar-refractivity contribution is 6.28. The summed E-state index contributed by atoms with van der Waals surface area (Å²) in [5, 5.41) is 14.6. The van der Waals surface area contributed by atoms with Crippen LogP contribution in [0.3, 0.4) is 0 Å². The molecule has 0 spiro atoms. The second-order valence-corrected chi connectivity index (χ2v) is 4.98. The second kappa shape index (κ2) is 5.72. The van der Waals surface area contributed by atoms with Gasteiger partial charge < -0.3 is 10.4 Å². The van der Waals surface area contributed by atoms with Crippen molar-refractivity contribution in [1.82, 2.24) is 9.97 Å². The third kappa shape index (κ3) is 3.14. The summed E-state index contributed by atoms with van der Waals surface area (Å²) in [6.45, 7) is 4.38. The van der Waals surface area contributed by atoms with Gasteiger partial charge in [-0.2, -0.15) is 0 Å². The zero-order chi connectivity index (χ0) is 13.9. The number of nitrogens with one attached hydrogen (secondary N) is 1. The van der Waals surface area contributed by atoms with Gasteiger partial charge >= 0.3 is 0 Å². The van der Waals surface area contributed by atoms with E-state index in [1.807, 2.05) is 38.1 Å². The molecule has 0 fully saturated rings. The van der Waals surface area contributed by atoms with Crippen molar-refractivity contribution in [3.8, 4) is 0 Å². The van der Waals surface area contributed by atoms with E-state index < -0.39 is 5.60 Å². The predicted octanol–water partition coefficient (Wildman–Crippen LogP) is 3.25. The lowest BCUT2D eigenvalue weighted by Gasteiger charge is -2.25. The number of para-hydroxylation sites is 1. The molecule has 5 heteroatoms. The summed E-state index contributed by atoms with van der Waals surface area (Å²) in [5.41, 5.74) is 0.0694. The van der Waals surface area contributed by atoms with Crippen LogP contribution in [0.5, 0.6) is 0 Å². The van der Waals surface area contributed by atoms with Gasteiger partial charge in [0.25, 0.3) is 0 Å². The smallest absolute Gasteiger partial charge is 0.224 e. The van der Waals surface area contributed by atoms with Crippen LogP contribution in [0.25, 0.3) is 10.9 Å². The van der Waals surface area contributed by atoms with E-state index in [1.165, 1.54) is 0 Å². The molecule has 102 valence electrons. The third-order valence-corrected chi connectivity index (χ3v) is 3.65. The first kappa shape index (κ1) is 14.0. The number of anilines is 1.